The standard InChI is InChI=1S/C18H20N6O2/c19-16(25)12-22-9-6-20-17(22)13-4-3-7-23(11-13)18(26)14-10-21-24-8-2-1-5-15(14)24/h1-2,5-6,8-10,13H,3-4,7,11-12H2,(H2,19,25)/t13-/m1/s1. The van der Waals surface area contributed by atoms with Gasteiger partial charge in [0, 0.05) is 37.6 Å². The van der Waals surface area contributed by atoms with Gasteiger partial charge in [-0.05, 0) is 25.0 Å². The van der Waals surface area contributed by atoms with Crippen molar-refractivity contribution in [3.8, 4) is 0 Å². The molecule has 0 aromatic carbocycles. The van der Waals surface area contributed by atoms with Gasteiger partial charge in [-0.15, -0.1) is 0 Å². The van der Waals surface area contributed by atoms with Crippen LogP contribution >= 0.6 is 0 Å². The highest BCUT2D eigenvalue weighted by Crippen LogP contribution is 2.27. The van der Waals surface area contributed by atoms with Gasteiger partial charge in [0.05, 0.1) is 17.3 Å². The first kappa shape index (κ1) is 16.3. The largest absolute Gasteiger partial charge is 0.368 e. The van der Waals surface area contributed by atoms with Crippen molar-refractivity contribution in [2.24, 2.45) is 5.73 Å². The average molecular weight is 352 g/mol. The summed E-state index contributed by atoms with van der Waals surface area (Å²) in [5.41, 5.74) is 6.72. The van der Waals surface area contributed by atoms with E-state index in [4.69, 9.17) is 5.73 Å². The summed E-state index contributed by atoms with van der Waals surface area (Å²) in [5.74, 6) is 0.466. The second kappa shape index (κ2) is 6.62. The third-order valence-corrected chi connectivity index (χ3v) is 4.80. The summed E-state index contributed by atoms with van der Waals surface area (Å²) in [5, 5.41) is 4.25. The molecule has 1 aliphatic heterocycles. The minimum atomic E-state index is -0.403. The average Bonchev–Trinajstić information content (AvgIpc) is 3.27. The van der Waals surface area contributed by atoms with Crippen molar-refractivity contribution in [3.63, 3.8) is 0 Å². The van der Waals surface area contributed by atoms with Crippen LogP contribution < -0.4 is 5.73 Å². The Labute approximate surface area is 150 Å². The van der Waals surface area contributed by atoms with Crippen molar-refractivity contribution in [2.75, 3.05) is 13.1 Å². The summed E-state index contributed by atoms with van der Waals surface area (Å²) < 4.78 is 3.48. The van der Waals surface area contributed by atoms with Crippen LogP contribution in [0.1, 0.15) is 34.9 Å². The van der Waals surface area contributed by atoms with Gasteiger partial charge in [0.2, 0.25) is 5.91 Å². The molecule has 3 aromatic rings. The molecule has 8 heteroatoms. The predicted molar refractivity (Wildman–Crippen MR) is 94.5 cm³/mol. The normalized spacial score (nSPS) is 17.5. The number of aromatic nitrogens is 4. The number of imidazole rings is 1. The maximum absolute atomic E-state index is 13.0. The number of carbonyl (C=O) groups excluding carboxylic acids is 2. The van der Waals surface area contributed by atoms with Gasteiger partial charge in [-0.1, -0.05) is 6.07 Å². The molecule has 4 heterocycles. The Bertz CT molecular complexity index is 959. The van der Waals surface area contributed by atoms with Crippen molar-refractivity contribution >= 4 is 17.3 Å². The number of nitrogens with zero attached hydrogens (tertiary/aromatic N) is 5. The third kappa shape index (κ3) is 2.94. The van der Waals surface area contributed by atoms with E-state index in [1.54, 1.807) is 27.7 Å². The van der Waals surface area contributed by atoms with Crippen LogP contribution in [0, 0.1) is 0 Å². The van der Waals surface area contributed by atoms with Crippen molar-refractivity contribution in [1.29, 1.82) is 0 Å². The maximum Gasteiger partial charge on any atom is 0.257 e. The number of rotatable bonds is 4. The second-order valence-corrected chi connectivity index (χ2v) is 6.56. The lowest BCUT2D eigenvalue weighted by atomic mass is 9.96. The Morgan fingerprint density at radius 2 is 2.15 bits per heavy atom. The Morgan fingerprint density at radius 3 is 3.00 bits per heavy atom. The Balaban J connectivity index is 1.56. The second-order valence-electron chi connectivity index (χ2n) is 6.56. The van der Waals surface area contributed by atoms with Gasteiger partial charge in [-0.3, -0.25) is 9.59 Å². The molecule has 4 rings (SSSR count). The summed E-state index contributed by atoms with van der Waals surface area (Å²) in [4.78, 5) is 30.5. The van der Waals surface area contributed by atoms with E-state index in [0.717, 1.165) is 24.2 Å². The van der Waals surface area contributed by atoms with Gasteiger partial charge in [-0.2, -0.15) is 5.10 Å². The first-order chi connectivity index (χ1) is 12.6. The van der Waals surface area contributed by atoms with Gasteiger partial charge < -0.3 is 15.2 Å². The fourth-order valence-electron chi connectivity index (χ4n) is 3.62. The molecule has 1 aliphatic rings. The summed E-state index contributed by atoms with van der Waals surface area (Å²) in [6, 6.07) is 5.67. The number of likely N-dealkylation sites (tertiary alicyclic amines) is 1. The molecule has 0 radical (unpaired) electrons. The highest BCUT2D eigenvalue weighted by molar-refractivity contribution is 6.00. The van der Waals surface area contributed by atoms with Crippen molar-refractivity contribution < 1.29 is 9.59 Å². The van der Waals surface area contributed by atoms with Crippen molar-refractivity contribution in [2.45, 2.75) is 25.3 Å². The molecule has 2 amide bonds. The molecule has 0 spiro atoms. The highest BCUT2D eigenvalue weighted by atomic mass is 16.2. The zero-order valence-corrected chi connectivity index (χ0v) is 14.3. The summed E-state index contributed by atoms with van der Waals surface area (Å²) in [6.07, 6.45) is 8.69. The van der Waals surface area contributed by atoms with E-state index in [9.17, 15) is 9.59 Å². The number of pyridine rings is 1. The number of fused-ring (bicyclic) bond motifs is 1. The number of hydrogen-bond acceptors (Lipinski definition) is 4. The number of primary amides is 1. The molecule has 0 saturated carbocycles. The number of nitrogens with two attached hydrogens (primary N) is 1. The van der Waals surface area contributed by atoms with Gasteiger partial charge >= 0.3 is 0 Å². The molecule has 8 nitrogen and oxygen atoms in total. The van der Waals surface area contributed by atoms with Gasteiger partial charge in [0.1, 0.15) is 12.4 Å². The van der Waals surface area contributed by atoms with Crippen LogP contribution in [0.2, 0.25) is 0 Å². The van der Waals surface area contributed by atoms with E-state index in [0.29, 0.717) is 18.7 Å². The molecule has 26 heavy (non-hydrogen) atoms. The lowest BCUT2D eigenvalue weighted by Crippen LogP contribution is -2.40. The lowest BCUT2D eigenvalue weighted by molar-refractivity contribution is -0.118. The number of hydrogen-bond donors (Lipinski definition) is 1. The fourth-order valence-corrected chi connectivity index (χ4v) is 3.62. The Hall–Kier alpha value is -3.16. The van der Waals surface area contributed by atoms with E-state index in [1.165, 1.54) is 0 Å². The quantitative estimate of drug-likeness (QED) is 0.758. The number of amides is 2. The summed E-state index contributed by atoms with van der Waals surface area (Å²) in [6.45, 7) is 1.38. The molecular formula is C18H20N6O2. The van der Waals surface area contributed by atoms with E-state index in [-0.39, 0.29) is 18.4 Å². The predicted octanol–water partition coefficient (Wildman–Crippen LogP) is 1.04. The highest BCUT2D eigenvalue weighted by Gasteiger charge is 2.29. The third-order valence-electron chi connectivity index (χ3n) is 4.80. The summed E-state index contributed by atoms with van der Waals surface area (Å²) >= 11 is 0. The Morgan fingerprint density at radius 1 is 1.27 bits per heavy atom. The van der Waals surface area contributed by atoms with E-state index in [1.807, 2.05) is 29.3 Å². The minimum Gasteiger partial charge on any atom is -0.368 e. The maximum atomic E-state index is 13.0. The monoisotopic (exact) mass is 352 g/mol. The zero-order valence-electron chi connectivity index (χ0n) is 14.3. The molecule has 0 aliphatic carbocycles. The van der Waals surface area contributed by atoms with Crippen LogP contribution in [0.15, 0.2) is 43.0 Å². The molecule has 1 saturated heterocycles. The van der Waals surface area contributed by atoms with Gasteiger partial charge in [0.25, 0.3) is 5.91 Å². The molecule has 3 aromatic heterocycles. The van der Waals surface area contributed by atoms with Gasteiger partial charge in [0.15, 0.2) is 0 Å². The first-order valence-electron chi connectivity index (χ1n) is 8.64. The van der Waals surface area contributed by atoms with Crippen molar-refractivity contribution in [1.82, 2.24) is 24.1 Å². The minimum absolute atomic E-state index is 0.0242. The van der Waals surface area contributed by atoms with Crippen LogP contribution in [-0.4, -0.2) is 49.0 Å². The molecule has 0 unspecified atom stereocenters. The molecule has 1 atom stereocenters. The van der Waals surface area contributed by atoms with Crippen LogP contribution in [-0.2, 0) is 11.3 Å². The van der Waals surface area contributed by atoms with Gasteiger partial charge in [-0.25, -0.2) is 9.50 Å². The molecular weight excluding hydrogens is 332 g/mol. The molecule has 134 valence electrons. The van der Waals surface area contributed by atoms with Crippen LogP contribution in [0.5, 0.6) is 0 Å². The van der Waals surface area contributed by atoms with E-state index in [2.05, 4.69) is 10.1 Å². The SMILES string of the molecule is NC(=O)Cn1ccnc1[C@@H]1CCCN(C(=O)c2cnn3ccccc23)C1. The molecule has 0 bridgehead atoms. The number of carbonyl (C=O) groups is 2. The van der Waals surface area contributed by atoms with Crippen molar-refractivity contribution in [3.05, 3.63) is 54.4 Å². The fraction of sp³-hybridized carbons (Fsp3) is 0.333. The van der Waals surface area contributed by atoms with Crippen LogP contribution in [0.4, 0.5) is 0 Å². The topological polar surface area (TPSA) is 98.5 Å². The molecule has 2 N–H and O–H groups in total. The zero-order chi connectivity index (χ0) is 18.1. The molecule has 1 fully saturated rings. The lowest BCUT2D eigenvalue weighted by Gasteiger charge is -2.32. The smallest absolute Gasteiger partial charge is 0.257 e. The summed E-state index contributed by atoms with van der Waals surface area (Å²) in [7, 11) is 0. The van der Waals surface area contributed by atoms with E-state index < -0.39 is 5.91 Å². The number of piperidine rings is 1. The van der Waals surface area contributed by atoms with Crippen LogP contribution in [0.25, 0.3) is 5.52 Å². The Kier molecular flexibility index (Phi) is 4.16. The first-order valence-corrected chi connectivity index (χ1v) is 8.64. The van der Waals surface area contributed by atoms with Crippen LogP contribution in [0.3, 0.4) is 0 Å². The van der Waals surface area contributed by atoms with E-state index >= 15 is 0 Å².